The van der Waals surface area contributed by atoms with Crippen molar-refractivity contribution in [3.63, 3.8) is 0 Å². The van der Waals surface area contributed by atoms with E-state index in [-0.39, 0.29) is 0 Å². The summed E-state index contributed by atoms with van der Waals surface area (Å²) >= 11 is 0. The lowest BCUT2D eigenvalue weighted by Crippen LogP contribution is -2.13. The topological polar surface area (TPSA) is 27.7 Å². The largest absolute Gasteiger partial charge is 0.558 e. The van der Waals surface area contributed by atoms with E-state index in [2.05, 4.69) is 0 Å². The SMILES string of the molecule is [B]1O[B]Oc2ccc(cc2)O1. The lowest BCUT2D eigenvalue weighted by molar-refractivity contribution is 0.425. The van der Waals surface area contributed by atoms with Crippen LogP contribution in [0.2, 0.25) is 0 Å². The van der Waals surface area contributed by atoms with Crippen molar-refractivity contribution in [3.8, 4) is 11.5 Å². The van der Waals surface area contributed by atoms with Crippen molar-refractivity contribution < 1.29 is 13.9 Å². The Balaban J connectivity index is 2.28. The van der Waals surface area contributed by atoms with E-state index in [1.54, 1.807) is 24.3 Å². The molecule has 2 aliphatic rings. The molecule has 3 nitrogen and oxygen atoms in total. The molecule has 1 aromatic rings. The number of hydrogen-bond acceptors (Lipinski definition) is 3. The van der Waals surface area contributed by atoms with Gasteiger partial charge in [-0.05, 0) is 24.3 Å². The molecule has 0 amide bonds. The summed E-state index contributed by atoms with van der Waals surface area (Å²) in [6.07, 6.45) is 0. The summed E-state index contributed by atoms with van der Waals surface area (Å²) in [5.74, 6) is 1.46. The number of benzene rings is 1. The molecule has 2 bridgehead atoms. The maximum atomic E-state index is 5.02. The monoisotopic (exact) mass is 146 g/mol. The van der Waals surface area contributed by atoms with Gasteiger partial charge >= 0.3 is 15.4 Å². The Morgan fingerprint density at radius 3 is 1.73 bits per heavy atom. The third kappa shape index (κ3) is 1.49. The van der Waals surface area contributed by atoms with Crippen LogP contribution in [0.1, 0.15) is 0 Å². The number of rotatable bonds is 0. The highest BCUT2D eigenvalue weighted by Gasteiger charge is 2.06. The summed E-state index contributed by atoms with van der Waals surface area (Å²) in [5.41, 5.74) is 0. The van der Waals surface area contributed by atoms with Gasteiger partial charge in [0, 0.05) is 0 Å². The zero-order valence-corrected chi connectivity index (χ0v) is 5.69. The highest BCUT2D eigenvalue weighted by atomic mass is 16.6. The van der Waals surface area contributed by atoms with Crippen LogP contribution in [-0.2, 0) is 4.57 Å². The second kappa shape index (κ2) is 2.88. The van der Waals surface area contributed by atoms with Crippen molar-refractivity contribution in [1.29, 1.82) is 0 Å². The van der Waals surface area contributed by atoms with Crippen LogP contribution in [0.3, 0.4) is 0 Å². The lowest BCUT2D eigenvalue weighted by atomic mass is 10.3. The van der Waals surface area contributed by atoms with Gasteiger partial charge in [-0.25, -0.2) is 0 Å². The van der Waals surface area contributed by atoms with E-state index >= 15 is 0 Å². The van der Waals surface area contributed by atoms with Gasteiger partial charge in [0.25, 0.3) is 0 Å². The quantitative estimate of drug-likeness (QED) is 0.499. The Kier molecular flexibility index (Phi) is 1.73. The molecule has 0 aromatic heterocycles. The average molecular weight is 146 g/mol. The minimum Gasteiger partial charge on any atom is -0.538 e. The fraction of sp³-hybridized carbons (Fsp3) is 0. The Hall–Kier alpha value is -1.09. The minimum absolute atomic E-state index is 0.729. The highest BCUT2D eigenvalue weighted by molar-refractivity contribution is 6.35. The summed E-state index contributed by atoms with van der Waals surface area (Å²) < 4.78 is 14.8. The van der Waals surface area contributed by atoms with Crippen LogP contribution < -0.4 is 9.31 Å². The van der Waals surface area contributed by atoms with Gasteiger partial charge in [-0.1, -0.05) is 0 Å². The first-order valence-corrected chi connectivity index (χ1v) is 3.17. The molecule has 2 aliphatic heterocycles. The van der Waals surface area contributed by atoms with Gasteiger partial charge in [0.2, 0.25) is 0 Å². The van der Waals surface area contributed by atoms with E-state index in [4.69, 9.17) is 13.9 Å². The van der Waals surface area contributed by atoms with Gasteiger partial charge in [0.15, 0.2) is 0 Å². The lowest BCUT2D eigenvalue weighted by Gasteiger charge is -1.99. The molecule has 0 saturated carbocycles. The molecule has 2 radical (unpaired) electrons. The van der Waals surface area contributed by atoms with Crippen molar-refractivity contribution in [3.05, 3.63) is 24.3 Å². The molecule has 0 unspecified atom stereocenters. The minimum atomic E-state index is 0.729. The summed E-state index contributed by atoms with van der Waals surface area (Å²) in [6.45, 7) is 0. The normalized spacial score (nSPS) is 14.2. The molecule has 5 heteroatoms. The molecule has 11 heavy (non-hydrogen) atoms. The van der Waals surface area contributed by atoms with E-state index in [9.17, 15) is 0 Å². The maximum Gasteiger partial charge on any atom is 0.558 e. The van der Waals surface area contributed by atoms with Crippen LogP contribution >= 0.6 is 0 Å². The zero-order chi connectivity index (χ0) is 7.52. The van der Waals surface area contributed by atoms with E-state index < -0.39 is 0 Å². The molecule has 1 aromatic carbocycles. The van der Waals surface area contributed by atoms with Crippen molar-refractivity contribution >= 4 is 15.4 Å². The van der Waals surface area contributed by atoms with Crippen LogP contribution in [0, 0.1) is 0 Å². The fourth-order valence-corrected chi connectivity index (χ4v) is 0.786. The Morgan fingerprint density at radius 1 is 0.818 bits per heavy atom. The van der Waals surface area contributed by atoms with Crippen LogP contribution in [-0.4, -0.2) is 15.4 Å². The van der Waals surface area contributed by atoms with Gasteiger partial charge < -0.3 is 13.9 Å². The molecule has 0 atom stereocenters. The molecular weight excluding hydrogens is 142 g/mol. The first-order chi connectivity index (χ1) is 5.45. The first-order valence-electron chi connectivity index (χ1n) is 3.17. The number of fused-ring (bicyclic) bond motifs is 6. The predicted octanol–water partition coefficient (Wildman–Crippen LogP) is 0.543. The molecule has 3 rings (SSSR count). The van der Waals surface area contributed by atoms with E-state index in [0.29, 0.717) is 0 Å². The van der Waals surface area contributed by atoms with Gasteiger partial charge in [-0.15, -0.1) is 0 Å². The molecule has 0 saturated heterocycles. The van der Waals surface area contributed by atoms with Crippen molar-refractivity contribution in [1.82, 2.24) is 0 Å². The number of hydrogen-bond donors (Lipinski definition) is 0. The molecule has 52 valence electrons. The van der Waals surface area contributed by atoms with Gasteiger partial charge in [0.05, 0.1) is 0 Å². The highest BCUT2D eigenvalue weighted by Crippen LogP contribution is 2.17. The smallest absolute Gasteiger partial charge is 0.538 e. The average Bonchev–Trinajstić information content (AvgIpc) is 2.21. The standard InChI is InChI=1S/C6H4B2O3/c1-2-6-4-3-5(1)9-7-11-8-10-6/h1-4H. The summed E-state index contributed by atoms with van der Waals surface area (Å²) in [6, 6.07) is 7.20. The first kappa shape index (κ1) is 6.61. The third-order valence-electron chi connectivity index (χ3n) is 1.30. The van der Waals surface area contributed by atoms with Crippen LogP contribution in [0.25, 0.3) is 0 Å². The van der Waals surface area contributed by atoms with Crippen LogP contribution in [0.5, 0.6) is 11.5 Å². The Morgan fingerprint density at radius 2 is 1.27 bits per heavy atom. The summed E-state index contributed by atoms with van der Waals surface area (Å²) in [7, 11) is 2.41. The Bertz CT molecular complexity index is 211. The van der Waals surface area contributed by atoms with E-state index in [1.807, 2.05) is 0 Å². The van der Waals surface area contributed by atoms with Gasteiger partial charge in [0.1, 0.15) is 11.5 Å². The molecule has 0 fully saturated rings. The zero-order valence-electron chi connectivity index (χ0n) is 5.69. The molecular formula is C6H4B2O3. The van der Waals surface area contributed by atoms with Gasteiger partial charge in [-0.2, -0.15) is 0 Å². The summed E-state index contributed by atoms with van der Waals surface area (Å²) in [5, 5.41) is 0. The Labute approximate surface area is 65.9 Å². The molecule has 0 N–H and O–H groups in total. The summed E-state index contributed by atoms with van der Waals surface area (Å²) in [4.78, 5) is 0. The second-order valence-corrected chi connectivity index (χ2v) is 2.04. The van der Waals surface area contributed by atoms with Gasteiger partial charge in [-0.3, -0.25) is 0 Å². The predicted molar refractivity (Wildman–Crippen MR) is 40.3 cm³/mol. The molecule has 2 heterocycles. The third-order valence-corrected chi connectivity index (χ3v) is 1.30. The van der Waals surface area contributed by atoms with E-state index in [0.717, 1.165) is 11.5 Å². The fourth-order valence-electron chi connectivity index (χ4n) is 0.786. The van der Waals surface area contributed by atoms with Crippen LogP contribution in [0.15, 0.2) is 24.3 Å². The second-order valence-electron chi connectivity index (χ2n) is 2.04. The molecule has 0 spiro atoms. The van der Waals surface area contributed by atoms with Crippen molar-refractivity contribution in [2.75, 3.05) is 0 Å². The maximum absolute atomic E-state index is 5.02. The van der Waals surface area contributed by atoms with E-state index in [1.165, 1.54) is 15.4 Å². The van der Waals surface area contributed by atoms with Crippen molar-refractivity contribution in [2.45, 2.75) is 0 Å². The molecule has 0 aliphatic carbocycles. The van der Waals surface area contributed by atoms with Crippen LogP contribution in [0.4, 0.5) is 0 Å². The van der Waals surface area contributed by atoms with Crippen molar-refractivity contribution in [2.24, 2.45) is 0 Å².